The lowest BCUT2D eigenvalue weighted by atomic mass is 9.96. The molecule has 4 rings (SSSR count). The molecule has 3 heterocycles. The molecule has 2 aromatic heterocycles. The van der Waals surface area contributed by atoms with E-state index in [4.69, 9.17) is 4.42 Å². The second-order valence-corrected chi connectivity index (χ2v) is 6.61. The molecule has 0 bridgehead atoms. The average Bonchev–Trinajstić information content (AvgIpc) is 3.16. The zero-order chi connectivity index (χ0) is 20.4. The van der Waals surface area contributed by atoms with E-state index in [0.717, 1.165) is 35.8 Å². The average molecular weight is 473 g/mol. The van der Waals surface area contributed by atoms with Gasteiger partial charge in [-0.2, -0.15) is 13.2 Å². The Labute approximate surface area is 188 Å². The van der Waals surface area contributed by atoms with E-state index in [1.54, 1.807) is 24.5 Å². The van der Waals surface area contributed by atoms with Gasteiger partial charge in [0.15, 0.2) is 0 Å². The molecule has 31 heavy (non-hydrogen) atoms. The van der Waals surface area contributed by atoms with Crippen LogP contribution in [0.4, 0.5) is 17.6 Å². The number of nitrogens with zero attached hydrogens (tertiary/aromatic N) is 2. The number of hydrogen-bond acceptors (Lipinski definition) is 3. The van der Waals surface area contributed by atoms with Crippen LogP contribution in [0.2, 0.25) is 0 Å². The summed E-state index contributed by atoms with van der Waals surface area (Å²) in [5.41, 5.74) is 1.09. The lowest BCUT2D eigenvalue weighted by Crippen LogP contribution is -2.11. The van der Waals surface area contributed by atoms with Crippen molar-refractivity contribution in [2.24, 2.45) is 4.99 Å². The topological polar surface area (TPSA) is 38.4 Å². The summed E-state index contributed by atoms with van der Waals surface area (Å²) >= 11 is 0. The largest absolute Gasteiger partial charge is 0.457 e. The Hall–Kier alpha value is -2.64. The summed E-state index contributed by atoms with van der Waals surface area (Å²) < 4.78 is 58.9. The molecule has 0 fully saturated rings. The molecule has 1 aromatic carbocycles. The molecule has 0 radical (unpaired) electrons. The van der Waals surface area contributed by atoms with Crippen LogP contribution in [-0.4, -0.2) is 17.2 Å². The summed E-state index contributed by atoms with van der Waals surface area (Å²) in [6, 6.07) is 9.96. The number of benzene rings is 1. The molecule has 0 atom stereocenters. The fraction of sp³-hybridized carbons (Fsp3) is 0.182. The Balaban J connectivity index is 0.00000171. The van der Waals surface area contributed by atoms with Gasteiger partial charge >= 0.3 is 6.18 Å². The van der Waals surface area contributed by atoms with E-state index in [-0.39, 0.29) is 36.1 Å². The van der Waals surface area contributed by atoms with Gasteiger partial charge in [0.1, 0.15) is 17.3 Å². The van der Waals surface area contributed by atoms with Gasteiger partial charge in [-0.05, 0) is 60.9 Å². The highest BCUT2D eigenvalue weighted by atomic mass is 35.5. The Morgan fingerprint density at radius 2 is 1.81 bits per heavy atom. The Bertz CT molecular complexity index is 1090. The van der Waals surface area contributed by atoms with E-state index in [9.17, 15) is 17.6 Å². The first kappa shape index (κ1) is 24.6. The lowest BCUT2D eigenvalue weighted by Gasteiger charge is -2.15. The number of aliphatic imine (C=N–C) groups is 1. The maximum atomic E-state index is 14.4. The minimum Gasteiger partial charge on any atom is -0.457 e. The van der Waals surface area contributed by atoms with Gasteiger partial charge in [0.05, 0.1) is 16.8 Å². The zero-order valence-corrected chi connectivity index (χ0v) is 17.7. The predicted molar refractivity (Wildman–Crippen MR) is 116 cm³/mol. The molecule has 3 nitrogen and oxygen atoms in total. The summed E-state index contributed by atoms with van der Waals surface area (Å²) in [7, 11) is 0. The molecule has 9 heteroatoms. The minimum atomic E-state index is -4.77. The Morgan fingerprint density at radius 3 is 2.52 bits per heavy atom. The van der Waals surface area contributed by atoms with Crippen LogP contribution in [0, 0.1) is 5.82 Å². The molecule has 0 N–H and O–H groups in total. The molecule has 0 amide bonds. The molecule has 0 aliphatic carbocycles. The number of hydrogen-bond donors (Lipinski definition) is 0. The molecule has 0 spiro atoms. The number of allylic oxidation sites excluding steroid dienone is 1. The summed E-state index contributed by atoms with van der Waals surface area (Å²) in [5, 5.41) is 0. The first-order valence-electron chi connectivity index (χ1n) is 9.05. The molecule has 164 valence electrons. The van der Waals surface area contributed by atoms with Crippen molar-refractivity contribution < 1.29 is 22.0 Å². The third-order valence-corrected chi connectivity index (χ3v) is 4.63. The molecular formula is C22H18Cl2F4N2O. The van der Waals surface area contributed by atoms with Gasteiger partial charge in [-0.15, -0.1) is 24.8 Å². The third-order valence-electron chi connectivity index (χ3n) is 4.63. The van der Waals surface area contributed by atoms with E-state index >= 15 is 0 Å². The van der Waals surface area contributed by atoms with Gasteiger partial charge in [-0.3, -0.25) is 9.98 Å². The van der Waals surface area contributed by atoms with E-state index in [2.05, 4.69) is 9.98 Å². The molecule has 3 aromatic rings. The quantitative estimate of drug-likeness (QED) is 0.384. The maximum absolute atomic E-state index is 14.4. The van der Waals surface area contributed by atoms with Crippen LogP contribution in [-0.2, 0) is 6.18 Å². The van der Waals surface area contributed by atoms with Crippen molar-refractivity contribution in [3.05, 3.63) is 83.1 Å². The van der Waals surface area contributed by atoms with Gasteiger partial charge in [0, 0.05) is 24.5 Å². The summed E-state index contributed by atoms with van der Waals surface area (Å²) in [4.78, 5) is 8.69. The van der Waals surface area contributed by atoms with Crippen molar-refractivity contribution in [2.75, 3.05) is 6.54 Å². The first-order valence-corrected chi connectivity index (χ1v) is 9.05. The standard InChI is InChI=1S/C22H16F4N2O.2ClH/c23-20-17(6-1-7-18(20)22(24,25)26)19-9-8-16(29-19)12-14-4-3-11-28-21(14)15-5-2-10-27-13-15;;/h1-2,5-10,12-13H,3-4,11H2;2*1H/b14-12+;;. The summed E-state index contributed by atoms with van der Waals surface area (Å²) in [6.07, 6.45) is 2.09. The van der Waals surface area contributed by atoms with Crippen molar-refractivity contribution >= 4 is 36.6 Å². The summed E-state index contributed by atoms with van der Waals surface area (Å²) in [5.74, 6) is -0.884. The van der Waals surface area contributed by atoms with E-state index < -0.39 is 17.6 Å². The second-order valence-electron chi connectivity index (χ2n) is 6.61. The Kier molecular flexibility index (Phi) is 8.03. The van der Waals surface area contributed by atoms with Crippen molar-refractivity contribution in [3.63, 3.8) is 0 Å². The number of rotatable bonds is 3. The Morgan fingerprint density at radius 1 is 1.00 bits per heavy atom. The van der Waals surface area contributed by atoms with Crippen LogP contribution in [0.3, 0.4) is 0 Å². The van der Waals surface area contributed by atoms with Crippen molar-refractivity contribution in [1.82, 2.24) is 4.98 Å². The van der Waals surface area contributed by atoms with Crippen LogP contribution >= 0.6 is 24.8 Å². The van der Waals surface area contributed by atoms with E-state index in [1.165, 1.54) is 12.1 Å². The number of alkyl halides is 3. The minimum absolute atomic E-state index is 0. The van der Waals surface area contributed by atoms with Crippen molar-refractivity contribution in [1.29, 1.82) is 0 Å². The van der Waals surface area contributed by atoms with Crippen LogP contribution in [0.1, 0.15) is 29.7 Å². The highest BCUT2D eigenvalue weighted by molar-refractivity contribution is 6.15. The molecule has 0 unspecified atom stereocenters. The first-order chi connectivity index (χ1) is 13.9. The zero-order valence-electron chi connectivity index (χ0n) is 16.0. The van der Waals surface area contributed by atoms with Crippen LogP contribution < -0.4 is 0 Å². The van der Waals surface area contributed by atoms with Crippen molar-refractivity contribution in [3.8, 4) is 11.3 Å². The highest BCUT2D eigenvalue weighted by Gasteiger charge is 2.35. The number of furan rings is 1. The van der Waals surface area contributed by atoms with E-state index in [1.807, 2.05) is 12.1 Å². The maximum Gasteiger partial charge on any atom is 0.419 e. The third kappa shape index (κ3) is 5.35. The number of pyridine rings is 1. The summed E-state index contributed by atoms with van der Waals surface area (Å²) in [6.45, 7) is 0.709. The van der Waals surface area contributed by atoms with Crippen LogP contribution in [0.15, 0.2) is 69.8 Å². The fourth-order valence-corrected chi connectivity index (χ4v) is 3.29. The normalized spacial score (nSPS) is 15.1. The molecular weight excluding hydrogens is 455 g/mol. The van der Waals surface area contributed by atoms with Gasteiger partial charge in [-0.1, -0.05) is 6.07 Å². The molecule has 1 aliphatic rings. The number of aromatic nitrogens is 1. The second kappa shape index (κ2) is 10.1. The molecule has 0 saturated carbocycles. The van der Waals surface area contributed by atoms with E-state index in [0.29, 0.717) is 18.4 Å². The van der Waals surface area contributed by atoms with Gasteiger partial charge in [-0.25, -0.2) is 4.39 Å². The predicted octanol–water partition coefficient (Wildman–Crippen LogP) is 7.01. The van der Waals surface area contributed by atoms with Crippen molar-refractivity contribution in [2.45, 2.75) is 19.0 Å². The molecule has 1 aliphatic heterocycles. The smallest absolute Gasteiger partial charge is 0.419 e. The molecule has 0 saturated heterocycles. The van der Waals surface area contributed by atoms with Gasteiger partial charge in [0.25, 0.3) is 0 Å². The number of halogens is 6. The monoisotopic (exact) mass is 472 g/mol. The van der Waals surface area contributed by atoms with Gasteiger partial charge < -0.3 is 4.42 Å². The van der Waals surface area contributed by atoms with Gasteiger partial charge in [0.2, 0.25) is 0 Å². The fourth-order valence-electron chi connectivity index (χ4n) is 3.29. The lowest BCUT2D eigenvalue weighted by molar-refractivity contribution is -0.139. The highest BCUT2D eigenvalue weighted by Crippen LogP contribution is 2.36. The SMILES string of the molecule is Cl.Cl.Fc1c(-c2ccc(/C=C3\CCCN=C3c3cccnc3)o2)cccc1C(F)(F)F. The van der Waals surface area contributed by atoms with Crippen LogP contribution in [0.5, 0.6) is 0 Å². The van der Waals surface area contributed by atoms with Crippen LogP contribution in [0.25, 0.3) is 17.4 Å².